The smallest absolute Gasteiger partial charge is 0.335 e. The minimum atomic E-state index is -1.72. The van der Waals surface area contributed by atoms with Crippen LogP contribution in [0.3, 0.4) is 0 Å². The molecule has 0 amide bonds. The van der Waals surface area contributed by atoms with Crippen molar-refractivity contribution in [2.24, 2.45) is 0 Å². The van der Waals surface area contributed by atoms with Crippen molar-refractivity contribution in [3.63, 3.8) is 0 Å². The van der Waals surface area contributed by atoms with Crippen LogP contribution in [0.15, 0.2) is 0 Å². The third kappa shape index (κ3) is 1.86. The summed E-state index contributed by atoms with van der Waals surface area (Å²) >= 11 is 0. The van der Waals surface area contributed by atoms with Crippen molar-refractivity contribution in [3.8, 4) is 0 Å². The molecule has 0 aromatic heterocycles. The molecule has 1 rings (SSSR count). The van der Waals surface area contributed by atoms with Crippen LogP contribution in [0, 0.1) is 0 Å². The standard InChI is InChI=1S/C7H12O7/c1-13-4-2(8)3(9)7(12)14-5(4)6(10)11/h2-5,7-9,12H,1H3,(H,10,11)/t2?,3-,4-,5?,7+/m0/s1. The predicted molar refractivity (Wildman–Crippen MR) is 41.3 cm³/mol. The molecule has 0 bridgehead atoms. The topological polar surface area (TPSA) is 116 Å². The lowest BCUT2D eigenvalue weighted by atomic mass is 9.99. The van der Waals surface area contributed by atoms with E-state index in [1.807, 2.05) is 0 Å². The molecule has 1 fully saturated rings. The molecule has 5 atom stereocenters. The van der Waals surface area contributed by atoms with Crippen LogP contribution in [0.1, 0.15) is 0 Å². The van der Waals surface area contributed by atoms with E-state index in [4.69, 9.17) is 15.3 Å². The van der Waals surface area contributed by atoms with Gasteiger partial charge >= 0.3 is 5.97 Å². The highest BCUT2D eigenvalue weighted by Gasteiger charge is 2.47. The van der Waals surface area contributed by atoms with Crippen molar-refractivity contribution < 1.29 is 34.7 Å². The second-order valence-electron chi connectivity index (χ2n) is 2.97. The second-order valence-corrected chi connectivity index (χ2v) is 2.97. The number of rotatable bonds is 2. The van der Waals surface area contributed by atoms with Gasteiger partial charge in [-0.15, -0.1) is 0 Å². The van der Waals surface area contributed by atoms with Crippen LogP contribution in [-0.4, -0.2) is 64.2 Å². The van der Waals surface area contributed by atoms with Crippen LogP contribution in [0.4, 0.5) is 0 Å². The Kier molecular flexibility index (Phi) is 3.40. The fraction of sp³-hybridized carbons (Fsp3) is 0.857. The Bertz CT molecular complexity index is 218. The molecule has 1 heterocycles. The van der Waals surface area contributed by atoms with Crippen molar-refractivity contribution >= 4 is 5.97 Å². The maximum absolute atomic E-state index is 10.6. The molecule has 1 aliphatic heterocycles. The number of hydrogen-bond acceptors (Lipinski definition) is 6. The van der Waals surface area contributed by atoms with Crippen LogP contribution in [0.2, 0.25) is 0 Å². The fourth-order valence-corrected chi connectivity index (χ4v) is 1.31. The lowest BCUT2D eigenvalue weighted by molar-refractivity contribution is -0.283. The third-order valence-electron chi connectivity index (χ3n) is 2.08. The zero-order valence-electron chi connectivity index (χ0n) is 7.40. The van der Waals surface area contributed by atoms with Gasteiger partial charge in [-0.25, -0.2) is 4.79 Å². The average molecular weight is 208 g/mol. The molecule has 0 radical (unpaired) electrons. The molecule has 1 saturated heterocycles. The second kappa shape index (κ2) is 4.20. The Morgan fingerprint density at radius 3 is 2.29 bits per heavy atom. The summed E-state index contributed by atoms with van der Waals surface area (Å²) in [5.74, 6) is -1.37. The fourth-order valence-electron chi connectivity index (χ4n) is 1.31. The van der Waals surface area contributed by atoms with E-state index in [0.717, 1.165) is 0 Å². The van der Waals surface area contributed by atoms with Crippen LogP contribution in [0.5, 0.6) is 0 Å². The Labute approximate surface area is 79.5 Å². The maximum atomic E-state index is 10.6. The normalized spacial score (nSPS) is 43.6. The molecule has 14 heavy (non-hydrogen) atoms. The maximum Gasteiger partial charge on any atom is 0.335 e. The number of aliphatic hydroxyl groups excluding tert-OH is 3. The molecule has 2 unspecified atom stereocenters. The number of hydrogen-bond donors (Lipinski definition) is 4. The molecule has 1 aliphatic rings. The molecule has 0 aromatic rings. The Morgan fingerprint density at radius 2 is 1.86 bits per heavy atom. The molecule has 0 aromatic carbocycles. The van der Waals surface area contributed by atoms with Crippen molar-refractivity contribution in [2.45, 2.75) is 30.7 Å². The molecule has 7 nitrogen and oxygen atoms in total. The highest BCUT2D eigenvalue weighted by Crippen LogP contribution is 2.21. The molecule has 0 saturated carbocycles. The number of carboxylic acids is 1. The van der Waals surface area contributed by atoms with Crippen molar-refractivity contribution in [1.29, 1.82) is 0 Å². The Balaban J connectivity index is 2.82. The summed E-state index contributed by atoms with van der Waals surface area (Å²) in [6.45, 7) is 0. The zero-order valence-corrected chi connectivity index (χ0v) is 7.40. The molecule has 0 spiro atoms. The Morgan fingerprint density at radius 1 is 1.29 bits per heavy atom. The summed E-state index contributed by atoms with van der Waals surface area (Å²) < 4.78 is 9.22. The number of carbonyl (C=O) groups is 1. The number of aliphatic hydroxyl groups is 3. The van der Waals surface area contributed by atoms with Gasteiger partial charge in [0.25, 0.3) is 0 Å². The molecule has 4 N–H and O–H groups in total. The van der Waals surface area contributed by atoms with Crippen LogP contribution in [0.25, 0.3) is 0 Å². The van der Waals surface area contributed by atoms with Gasteiger partial charge in [-0.3, -0.25) is 0 Å². The van der Waals surface area contributed by atoms with E-state index in [1.165, 1.54) is 7.11 Å². The Hall–Kier alpha value is -0.730. The molecule has 0 aliphatic carbocycles. The van der Waals surface area contributed by atoms with Gasteiger partial charge in [-0.2, -0.15) is 0 Å². The summed E-state index contributed by atoms with van der Waals surface area (Å²) in [5, 5.41) is 36.2. The van der Waals surface area contributed by atoms with Gasteiger partial charge in [0.15, 0.2) is 12.4 Å². The number of carboxylic acid groups (broad SMARTS) is 1. The first-order chi connectivity index (χ1) is 6.49. The number of aliphatic carboxylic acids is 1. The van der Waals surface area contributed by atoms with E-state index < -0.39 is 36.7 Å². The minimum absolute atomic E-state index is 1.18. The lowest BCUT2D eigenvalue weighted by Crippen LogP contribution is -2.60. The van der Waals surface area contributed by atoms with E-state index in [9.17, 15) is 9.90 Å². The minimum Gasteiger partial charge on any atom is -0.479 e. The summed E-state index contributed by atoms with van der Waals surface area (Å²) in [6, 6.07) is 0. The van der Waals surface area contributed by atoms with Crippen molar-refractivity contribution in [2.75, 3.05) is 7.11 Å². The van der Waals surface area contributed by atoms with Gasteiger partial charge in [0, 0.05) is 7.11 Å². The van der Waals surface area contributed by atoms with E-state index in [1.54, 1.807) is 0 Å². The molecule has 7 heteroatoms. The zero-order chi connectivity index (χ0) is 10.9. The quantitative estimate of drug-likeness (QED) is 0.397. The number of methoxy groups -OCH3 is 1. The lowest BCUT2D eigenvalue weighted by Gasteiger charge is -2.37. The summed E-state index contributed by atoms with van der Waals surface area (Å²) in [7, 11) is 1.18. The van der Waals surface area contributed by atoms with Gasteiger partial charge in [0.2, 0.25) is 0 Å². The summed E-state index contributed by atoms with van der Waals surface area (Å²) in [5.41, 5.74) is 0. The molecular weight excluding hydrogens is 196 g/mol. The largest absolute Gasteiger partial charge is 0.479 e. The number of ether oxygens (including phenoxy) is 2. The third-order valence-corrected chi connectivity index (χ3v) is 2.08. The van der Waals surface area contributed by atoms with Crippen molar-refractivity contribution in [3.05, 3.63) is 0 Å². The first-order valence-electron chi connectivity index (χ1n) is 3.94. The summed E-state index contributed by atoms with van der Waals surface area (Å²) in [6.07, 6.45) is -7.49. The predicted octanol–water partition coefficient (Wildman–Crippen LogP) is -2.47. The van der Waals surface area contributed by atoms with Gasteiger partial charge in [0.1, 0.15) is 18.3 Å². The van der Waals surface area contributed by atoms with Crippen molar-refractivity contribution in [1.82, 2.24) is 0 Å². The average Bonchev–Trinajstić information content (AvgIpc) is 2.13. The molecular formula is C7H12O7. The van der Waals surface area contributed by atoms with Gasteiger partial charge in [-0.1, -0.05) is 0 Å². The van der Waals surface area contributed by atoms with Crippen LogP contribution in [-0.2, 0) is 14.3 Å². The monoisotopic (exact) mass is 208 g/mol. The van der Waals surface area contributed by atoms with E-state index in [2.05, 4.69) is 9.47 Å². The van der Waals surface area contributed by atoms with Gasteiger partial charge < -0.3 is 29.9 Å². The van der Waals surface area contributed by atoms with Crippen LogP contribution >= 0.6 is 0 Å². The van der Waals surface area contributed by atoms with Crippen LogP contribution < -0.4 is 0 Å². The highest BCUT2D eigenvalue weighted by atomic mass is 16.7. The van der Waals surface area contributed by atoms with Gasteiger partial charge in [-0.05, 0) is 0 Å². The highest BCUT2D eigenvalue weighted by molar-refractivity contribution is 5.73. The first kappa shape index (κ1) is 11.3. The van der Waals surface area contributed by atoms with Gasteiger partial charge in [0.05, 0.1) is 0 Å². The van der Waals surface area contributed by atoms with E-state index in [-0.39, 0.29) is 0 Å². The molecule has 82 valence electrons. The SMILES string of the molecule is CO[C@@H]1C(C(=O)O)O[C@@H](O)[C@@H](O)C1O. The first-order valence-corrected chi connectivity index (χ1v) is 3.94. The summed E-state index contributed by atoms with van der Waals surface area (Å²) in [4.78, 5) is 10.6. The van der Waals surface area contributed by atoms with E-state index in [0.29, 0.717) is 0 Å². The van der Waals surface area contributed by atoms with E-state index >= 15 is 0 Å².